The zero-order valence-corrected chi connectivity index (χ0v) is 12.7. The molecule has 0 saturated heterocycles. The highest BCUT2D eigenvalue weighted by molar-refractivity contribution is 9.10. The van der Waals surface area contributed by atoms with Gasteiger partial charge in [-0.2, -0.15) is 0 Å². The minimum Gasteiger partial charge on any atom is -0.389 e. The lowest BCUT2D eigenvalue weighted by Gasteiger charge is -2.29. The Morgan fingerprint density at radius 3 is 2.67 bits per heavy atom. The Kier molecular flexibility index (Phi) is 3.58. The molecule has 0 aliphatic heterocycles. The summed E-state index contributed by atoms with van der Waals surface area (Å²) in [6.07, 6.45) is 2.29. The third-order valence-electron chi connectivity index (χ3n) is 4.09. The molecule has 0 radical (unpaired) electrons. The number of hydrogen-bond acceptors (Lipinski definition) is 1. The van der Waals surface area contributed by atoms with Gasteiger partial charge in [-0.1, -0.05) is 32.9 Å². The Bertz CT molecular complexity index is 458. The monoisotopic (exact) mass is 314 g/mol. The van der Waals surface area contributed by atoms with Crippen LogP contribution in [0.1, 0.15) is 39.2 Å². The fourth-order valence-corrected chi connectivity index (χ4v) is 3.75. The van der Waals surface area contributed by atoms with Gasteiger partial charge in [0.15, 0.2) is 0 Å². The first-order chi connectivity index (χ1) is 8.23. The van der Waals surface area contributed by atoms with E-state index in [2.05, 4.69) is 36.7 Å². The molecule has 1 aliphatic carbocycles. The van der Waals surface area contributed by atoms with Crippen LogP contribution in [0.5, 0.6) is 0 Å². The molecule has 1 N–H and O–H groups in total. The zero-order valence-electron chi connectivity index (χ0n) is 11.1. The number of rotatable bonds is 2. The molecule has 2 unspecified atom stereocenters. The summed E-state index contributed by atoms with van der Waals surface area (Å²) in [5.74, 6) is -0.0244. The molecule has 1 nitrogen and oxygen atoms in total. The van der Waals surface area contributed by atoms with Crippen LogP contribution in [-0.4, -0.2) is 10.7 Å². The predicted molar refractivity (Wildman–Crippen MR) is 74.9 cm³/mol. The van der Waals surface area contributed by atoms with Crippen LogP contribution in [0.2, 0.25) is 0 Å². The number of halogens is 2. The third-order valence-corrected chi connectivity index (χ3v) is 4.98. The minimum atomic E-state index is -0.722. The predicted octanol–water partition coefficient (Wildman–Crippen LogP) is 4.32. The topological polar surface area (TPSA) is 20.2 Å². The van der Waals surface area contributed by atoms with Crippen LogP contribution in [0.3, 0.4) is 0 Å². The Labute approximate surface area is 117 Å². The summed E-state index contributed by atoms with van der Waals surface area (Å²) in [7, 11) is 0. The van der Waals surface area contributed by atoms with Gasteiger partial charge in [0.25, 0.3) is 0 Å². The van der Waals surface area contributed by atoms with Gasteiger partial charge in [0.2, 0.25) is 0 Å². The van der Waals surface area contributed by atoms with Crippen molar-refractivity contribution in [3.05, 3.63) is 34.1 Å². The number of aliphatic hydroxyl groups is 1. The van der Waals surface area contributed by atoms with Gasteiger partial charge in [-0.25, -0.2) is 4.39 Å². The quantitative estimate of drug-likeness (QED) is 0.862. The molecule has 0 bridgehead atoms. The van der Waals surface area contributed by atoms with Crippen LogP contribution in [0.25, 0.3) is 0 Å². The summed E-state index contributed by atoms with van der Waals surface area (Å²) in [6.45, 7) is 6.45. The van der Waals surface area contributed by atoms with E-state index in [-0.39, 0.29) is 17.2 Å². The molecule has 0 amide bonds. The van der Waals surface area contributed by atoms with E-state index in [9.17, 15) is 9.50 Å². The summed E-state index contributed by atoms with van der Waals surface area (Å²) >= 11 is 3.27. The van der Waals surface area contributed by atoms with Gasteiger partial charge in [-0.3, -0.25) is 0 Å². The maximum Gasteiger partial charge on any atom is 0.137 e. The van der Waals surface area contributed by atoms with Gasteiger partial charge >= 0.3 is 0 Å². The molecule has 1 aromatic rings. The van der Waals surface area contributed by atoms with Crippen LogP contribution >= 0.6 is 15.9 Å². The molecule has 100 valence electrons. The summed E-state index contributed by atoms with van der Waals surface area (Å²) < 4.78 is 14.0. The largest absolute Gasteiger partial charge is 0.389 e. The Morgan fingerprint density at radius 1 is 1.44 bits per heavy atom. The fourth-order valence-electron chi connectivity index (χ4n) is 3.35. The highest BCUT2D eigenvalue weighted by Crippen LogP contribution is 2.49. The second-order valence-electron chi connectivity index (χ2n) is 6.44. The van der Waals surface area contributed by atoms with Gasteiger partial charge in [0.05, 0.1) is 10.1 Å². The lowest BCUT2D eigenvalue weighted by atomic mass is 9.84. The van der Waals surface area contributed by atoms with Crippen molar-refractivity contribution in [1.82, 2.24) is 0 Å². The molecule has 1 aliphatic rings. The first-order valence-electron chi connectivity index (χ1n) is 6.39. The average molecular weight is 315 g/mol. The van der Waals surface area contributed by atoms with Crippen molar-refractivity contribution in [2.75, 3.05) is 0 Å². The zero-order chi connectivity index (χ0) is 13.6. The number of hydrogen-bond donors (Lipinski definition) is 1. The molecule has 2 atom stereocenters. The second-order valence-corrected chi connectivity index (χ2v) is 7.23. The fraction of sp³-hybridized carbons (Fsp3) is 0.600. The Balaban J connectivity index is 2.26. The normalized spacial score (nSPS) is 30.7. The molecule has 3 heteroatoms. The highest BCUT2D eigenvalue weighted by atomic mass is 79.9. The molecule has 1 fully saturated rings. The van der Waals surface area contributed by atoms with Crippen molar-refractivity contribution in [3.63, 3.8) is 0 Å². The van der Waals surface area contributed by atoms with E-state index in [4.69, 9.17) is 0 Å². The molecule has 2 rings (SSSR count). The van der Waals surface area contributed by atoms with Crippen molar-refractivity contribution >= 4 is 15.9 Å². The third kappa shape index (κ3) is 2.62. The van der Waals surface area contributed by atoms with E-state index in [1.54, 1.807) is 6.07 Å². The molecule has 1 aromatic carbocycles. The van der Waals surface area contributed by atoms with E-state index in [0.717, 1.165) is 18.4 Å². The lowest BCUT2D eigenvalue weighted by molar-refractivity contribution is 0.00426. The van der Waals surface area contributed by atoms with Crippen molar-refractivity contribution in [2.45, 2.75) is 45.6 Å². The Hall–Kier alpha value is -0.410. The first kappa shape index (κ1) is 14.0. The molecule has 18 heavy (non-hydrogen) atoms. The van der Waals surface area contributed by atoms with Gasteiger partial charge in [0.1, 0.15) is 5.82 Å². The summed E-state index contributed by atoms with van der Waals surface area (Å²) in [5.41, 5.74) is 0.287. The van der Waals surface area contributed by atoms with Crippen molar-refractivity contribution in [2.24, 2.45) is 11.3 Å². The SMILES string of the molecule is CC1CC(C)(C)CC1(O)Cc1cccc(F)c1Br. The standard InChI is InChI=1S/C15H20BrFO/c1-10-7-14(2,3)9-15(10,18)8-11-5-4-6-12(17)13(11)16/h4-6,10,18H,7-9H2,1-3H3. The van der Waals surface area contributed by atoms with Crippen LogP contribution in [0, 0.1) is 17.2 Å². The van der Waals surface area contributed by atoms with Gasteiger partial charge < -0.3 is 5.11 Å². The van der Waals surface area contributed by atoms with E-state index in [1.165, 1.54) is 6.07 Å². The first-order valence-corrected chi connectivity index (χ1v) is 7.18. The van der Waals surface area contributed by atoms with Crippen molar-refractivity contribution in [3.8, 4) is 0 Å². The summed E-state index contributed by atoms with van der Waals surface area (Å²) in [5, 5.41) is 10.8. The van der Waals surface area contributed by atoms with Gasteiger partial charge in [-0.15, -0.1) is 0 Å². The molecular weight excluding hydrogens is 295 g/mol. The van der Waals surface area contributed by atoms with Crippen LogP contribution in [0.15, 0.2) is 22.7 Å². The smallest absolute Gasteiger partial charge is 0.137 e. The van der Waals surface area contributed by atoms with E-state index in [0.29, 0.717) is 10.9 Å². The molecule has 0 heterocycles. The molecule has 1 saturated carbocycles. The molecular formula is C15H20BrFO. The molecule has 0 spiro atoms. The number of benzene rings is 1. The summed E-state index contributed by atoms with van der Waals surface area (Å²) in [6, 6.07) is 5.01. The average Bonchev–Trinajstić information content (AvgIpc) is 2.43. The van der Waals surface area contributed by atoms with E-state index < -0.39 is 5.60 Å². The minimum absolute atomic E-state index is 0.161. The maximum atomic E-state index is 13.5. The highest BCUT2D eigenvalue weighted by Gasteiger charge is 2.47. The van der Waals surface area contributed by atoms with E-state index >= 15 is 0 Å². The lowest BCUT2D eigenvalue weighted by Crippen LogP contribution is -2.35. The summed E-state index contributed by atoms with van der Waals surface area (Å²) in [4.78, 5) is 0. The second kappa shape index (κ2) is 4.61. The van der Waals surface area contributed by atoms with Crippen LogP contribution < -0.4 is 0 Å². The van der Waals surface area contributed by atoms with Crippen molar-refractivity contribution in [1.29, 1.82) is 0 Å². The van der Waals surface area contributed by atoms with Crippen LogP contribution in [-0.2, 0) is 6.42 Å². The van der Waals surface area contributed by atoms with Gasteiger partial charge in [0, 0.05) is 6.42 Å². The van der Waals surface area contributed by atoms with Crippen LogP contribution in [0.4, 0.5) is 4.39 Å². The maximum absolute atomic E-state index is 13.5. The van der Waals surface area contributed by atoms with E-state index in [1.807, 2.05) is 6.07 Å². The molecule has 0 aromatic heterocycles. The Morgan fingerprint density at radius 2 is 2.11 bits per heavy atom. The van der Waals surface area contributed by atoms with Gasteiger partial charge in [-0.05, 0) is 51.7 Å². The van der Waals surface area contributed by atoms with Crippen molar-refractivity contribution < 1.29 is 9.50 Å².